The van der Waals surface area contributed by atoms with Gasteiger partial charge in [-0.2, -0.15) is 8.78 Å². The maximum absolute atomic E-state index is 15.3. The monoisotopic (exact) mass is 468 g/mol. The van der Waals surface area contributed by atoms with Crippen LogP contribution in [-0.4, -0.2) is 46.3 Å². The number of alkyl halides is 2. The van der Waals surface area contributed by atoms with E-state index in [0.717, 1.165) is 11.3 Å². The SMILES string of the molecule is CN1CN(c2ccc(-c3cn(C)c4ncnc(N)c34)c(F)c2)CC1c1cccc(OC(F)F)c1. The van der Waals surface area contributed by atoms with Gasteiger partial charge in [-0.15, -0.1) is 0 Å². The van der Waals surface area contributed by atoms with Crippen LogP contribution in [0.15, 0.2) is 55.0 Å². The Morgan fingerprint density at radius 2 is 1.91 bits per heavy atom. The predicted octanol–water partition coefficient (Wildman–Crippen LogP) is 4.41. The maximum atomic E-state index is 15.3. The van der Waals surface area contributed by atoms with E-state index < -0.39 is 6.61 Å². The van der Waals surface area contributed by atoms with E-state index in [2.05, 4.69) is 19.6 Å². The van der Waals surface area contributed by atoms with E-state index in [1.165, 1.54) is 18.5 Å². The highest BCUT2D eigenvalue weighted by atomic mass is 19.3. The number of aromatic nitrogens is 3. The number of ether oxygens (including phenoxy) is 1. The minimum Gasteiger partial charge on any atom is -0.435 e. The first-order valence-electron chi connectivity index (χ1n) is 10.7. The van der Waals surface area contributed by atoms with E-state index in [-0.39, 0.29) is 17.6 Å². The van der Waals surface area contributed by atoms with Gasteiger partial charge in [-0.25, -0.2) is 14.4 Å². The topological polar surface area (TPSA) is 72.4 Å². The number of nitrogens with zero attached hydrogens (tertiary/aromatic N) is 5. The van der Waals surface area contributed by atoms with Crippen LogP contribution < -0.4 is 15.4 Å². The second-order valence-corrected chi connectivity index (χ2v) is 8.36. The molecule has 0 bridgehead atoms. The number of fused-ring (bicyclic) bond motifs is 1. The molecule has 2 aromatic carbocycles. The zero-order chi connectivity index (χ0) is 24.0. The number of nitrogen functional groups attached to an aromatic ring is 1. The molecule has 10 heteroatoms. The molecule has 2 N–H and O–H groups in total. The smallest absolute Gasteiger partial charge is 0.387 e. The molecule has 1 aliphatic rings. The van der Waals surface area contributed by atoms with E-state index in [4.69, 9.17) is 5.73 Å². The van der Waals surface area contributed by atoms with Gasteiger partial charge < -0.3 is 19.9 Å². The zero-order valence-electron chi connectivity index (χ0n) is 18.6. The van der Waals surface area contributed by atoms with Crippen molar-refractivity contribution in [1.82, 2.24) is 19.4 Å². The van der Waals surface area contributed by atoms with Crippen molar-refractivity contribution in [2.24, 2.45) is 7.05 Å². The number of hydrogen-bond acceptors (Lipinski definition) is 6. The third kappa shape index (κ3) is 3.90. The van der Waals surface area contributed by atoms with Crippen LogP contribution in [0.25, 0.3) is 22.2 Å². The second-order valence-electron chi connectivity index (χ2n) is 8.36. The lowest BCUT2D eigenvalue weighted by molar-refractivity contribution is -0.0499. The molecule has 4 aromatic rings. The summed E-state index contributed by atoms with van der Waals surface area (Å²) in [5, 5.41) is 0.614. The summed E-state index contributed by atoms with van der Waals surface area (Å²) in [6.07, 6.45) is 3.18. The van der Waals surface area contributed by atoms with Crippen LogP contribution in [0.1, 0.15) is 11.6 Å². The molecule has 1 atom stereocenters. The van der Waals surface area contributed by atoms with Gasteiger partial charge in [-0.1, -0.05) is 12.1 Å². The average molecular weight is 468 g/mol. The van der Waals surface area contributed by atoms with Gasteiger partial charge >= 0.3 is 6.61 Å². The summed E-state index contributed by atoms with van der Waals surface area (Å²) in [5.74, 6) is 0.0333. The van der Waals surface area contributed by atoms with Gasteiger partial charge in [0.2, 0.25) is 0 Å². The Kier molecular flexibility index (Phi) is 5.52. The highest BCUT2D eigenvalue weighted by Crippen LogP contribution is 2.37. The zero-order valence-corrected chi connectivity index (χ0v) is 18.6. The van der Waals surface area contributed by atoms with Crippen LogP contribution in [0, 0.1) is 5.82 Å². The Morgan fingerprint density at radius 3 is 2.68 bits per heavy atom. The lowest BCUT2D eigenvalue weighted by Gasteiger charge is -2.18. The molecule has 1 fully saturated rings. The molecule has 0 radical (unpaired) electrons. The van der Waals surface area contributed by atoms with Crippen LogP contribution >= 0.6 is 0 Å². The molecular formula is C24H23F3N6O. The normalized spacial score (nSPS) is 16.6. The largest absolute Gasteiger partial charge is 0.435 e. The van der Waals surface area contributed by atoms with Gasteiger partial charge in [-0.05, 0) is 42.9 Å². The van der Waals surface area contributed by atoms with Gasteiger partial charge in [0, 0.05) is 36.6 Å². The van der Waals surface area contributed by atoms with Gasteiger partial charge in [0.25, 0.3) is 0 Å². The fourth-order valence-corrected chi connectivity index (χ4v) is 4.58. The Hall–Kier alpha value is -3.79. The summed E-state index contributed by atoms with van der Waals surface area (Å²) in [5.41, 5.74) is 9.31. The van der Waals surface area contributed by atoms with Crippen molar-refractivity contribution in [1.29, 1.82) is 0 Å². The summed E-state index contributed by atoms with van der Waals surface area (Å²) >= 11 is 0. The van der Waals surface area contributed by atoms with Crippen LogP contribution in [0.2, 0.25) is 0 Å². The molecular weight excluding hydrogens is 445 g/mol. The molecule has 0 aliphatic carbocycles. The van der Waals surface area contributed by atoms with Gasteiger partial charge in [0.05, 0.1) is 18.1 Å². The number of rotatable bonds is 5. The third-order valence-electron chi connectivity index (χ3n) is 6.18. The molecule has 34 heavy (non-hydrogen) atoms. The fraction of sp³-hybridized carbons (Fsp3) is 0.250. The summed E-state index contributed by atoms with van der Waals surface area (Å²) in [7, 11) is 3.76. The van der Waals surface area contributed by atoms with Crippen molar-refractivity contribution in [2.45, 2.75) is 12.7 Å². The van der Waals surface area contributed by atoms with Crippen LogP contribution in [0.5, 0.6) is 5.75 Å². The Bertz CT molecular complexity index is 1360. The predicted molar refractivity (Wildman–Crippen MR) is 124 cm³/mol. The number of anilines is 2. The van der Waals surface area contributed by atoms with Crippen LogP contribution in [0.4, 0.5) is 24.7 Å². The van der Waals surface area contributed by atoms with E-state index in [1.54, 1.807) is 29.0 Å². The maximum Gasteiger partial charge on any atom is 0.387 e. The molecule has 7 nitrogen and oxygen atoms in total. The molecule has 1 aliphatic heterocycles. The summed E-state index contributed by atoms with van der Waals surface area (Å²) < 4.78 is 46.9. The van der Waals surface area contributed by atoms with E-state index in [1.807, 2.05) is 31.1 Å². The van der Waals surface area contributed by atoms with E-state index in [9.17, 15) is 8.78 Å². The van der Waals surface area contributed by atoms with Crippen LogP contribution in [0.3, 0.4) is 0 Å². The van der Waals surface area contributed by atoms with Gasteiger partial charge in [0.1, 0.15) is 29.4 Å². The fourth-order valence-electron chi connectivity index (χ4n) is 4.58. The standard InChI is InChI=1S/C24H23F3N6O/c1-31-10-18(21-22(28)29-12-30-23(21)31)17-7-6-15(9-19(17)25)33-11-20(32(2)13-33)14-4-3-5-16(8-14)34-24(26)27/h3-10,12,20,24H,11,13H2,1-2H3,(H2,28,29,30). The number of aryl methyl sites for hydroxylation is 1. The van der Waals surface area contributed by atoms with E-state index in [0.29, 0.717) is 41.2 Å². The van der Waals surface area contributed by atoms with Crippen molar-refractivity contribution >= 4 is 22.5 Å². The van der Waals surface area contributed by atoms with Gasteiger partial charge in [0.15, 0.2) is 0 Å². The molecule has 0 spiro atoms. The van der Waals surface area contributed by atoms with Crippen molar-refractivity contribution < 1.29 is 17.9 Å². The molecule has 1 saturated heterocycles. The molecule has 0 amide bonds. The number of nitrogens with two attached hydrogens (primary N) is 1. The van der Waals surface area contributed by atoms with E-state index >= 15 is 4.39 Å². The lowest BCUT2D eigenvalue weighted by Crippen LogP contribution is -2.22. The minimum absolute atomic E-state index is 0.0565. The van der Waals surface area contributed by atoms with Crippen molar-refractivity contribution in [2.75, 3.05) is 30.9 Å². The summed E-state index contributed by atoms with van der Waals surface area (Å²) in [6, 6.07) is 11.7. The average Bonchev–Trinajstić information content (AvgIpc) is 3.34. The first-order valence-corrected chi connectivity index (χ1v) is 10.7. The molecule has 5 rings (SSSR count). The van der Waals surface area contributed by atoms with Gasteiger partial charge in [-0.3, -0.25) is 4.90 Å². The first-order chi connectivity index (χ1) is 16.3. The molecule has 1 unspecified atom stereocenters. The first kappa shape index (κ1) is 22.0. The second kappa shape index (κ2) is 8.53. The summed E-state index contributed by atoms with van der Waals surface area (Å²) in [6.45, 7) is -1.75. The Morgan fingerprint density at radius 1 is 1.09 bits per heavy atom. The Balaban J connectivity index is 1.42. The van der Waals surface area contributed by atoms with Crippen molar-refractivity contribution in [3.05, 3.63) is 66.4 Å². The number of likely N-dealkylation sites (N-methyl/N-ethyl adjacent to an activating group) is 1. The number of benzene rings is 2. The molecule has 0 saturated carbocycles. The number of hydrogen-bond donors (Lipinski definition) is 1. The minimum atomic E-state index is -2.88. The van der Waals surface area contributed by atoms with Crippen molar-refractivity contribution in [3.8, 4) is 16.9 Å². The Labute approximate surface area is 194 Å². The molecule has 3 heterocycles. The highest BCUT2D eigenvalue weighted by Gasteiger charge is 2.30. The van der Waals surface area contributed by atoms with Crippen molar-refractivity contribution in [3.63, 3.8) is 0 Å². The summed E-state index contributed by atoms with van der Waals surface area (Å²) in [4.78, 5) is 12.4. The number of halogens is 3. The quantitative estimate of drug-likeness (QED) is 0.468. The third-order valence-corrected chi connectivity index (χ3v) is 6.18. The highest BCUT2D eigenvalue weighted by molar-refractivity contribution is 6.00. The lowest BCUT2D eigenvalue weighted by atomic mass is 10.0. The molecule has 176 valence electrons. The van der Waals surface area contributed by atoms with Crippen LogP contribution in [-0.2, 0) is 7.05 Å². The molecule has 2 aromatic heterocycles.